The van der Waals surface area contributed by atoms with Gasteiger partial charge in [0.25, 0.3) is 0 Å². The molecule has 6 rings (SSSR count). The largest absolute Gasteiger partial charge is 0.356 e. The fourth-order valence-corrected chi connectivity index (χ4v) is 4.36. The summed E-state index contributed by atoms with van der Waals surface area (Å²) in [6.45, 7) is 1.61. The molecular weight excluding hydrogens is 378 g/mol. The number of hydrogen-bond donors (Lipinski definition) is 4. The summed E-state index contributed by atoms with van der Waals surface area (Å²) < 4.78 is 0. The predicted molar refractivity (Wildman–Crippen MR) is 115 cm³/mol. The van der Waals surface area contributed by atoms with Gasteiger partial charge in [-0.15, -0.1) is 0 Å². The number of nitrogens with one attached hydrogen (secondary N) is 3. The molecule has 1 saturated heterocycles. The van der Waals surface area contributed by atoms with Gasteiger partial charge in [-0.1, -0.05) is 12.1 Å². The molecule has 0 amide bonds. The summed E-state index contributed by atoms with van der Waals surface area (Å²) >= 11 is 0. The molecule has 9 nitrogen and oxygen atoms in total. The number of H-pyrrole nitrogens is 3. The van der Waals surface area contributed by atoms with E-state index >= 15 is 0 Å². The Kier molecular flexibility index (Phi) is 3.66. The second-order valence-electron chi connectivity index (χ2n) is 7.85. The first-order valence-corrected chi connectivity index (χ1v) is 10.0. The first-order valence-electron chi connectivity index (χ1n) is 10.0. The highest BCUT2D eigenvalue weighted by Crippen LogP contribution is 2.35. The Labute approximate surface area is 171 Å². The van der Waals surface area contributed by atoms with E-state index in [4.69, 9.17) is 10.7 Å². The maximum absolute atomic E-state index is 6.87. The van der Waals surface area contributed by atoms with Crippen LogP contribution in [0.2, 0.25) is 0 Å². The molecule has 0 aliphatic carbocycles. The van der Waals surface area contributed by atoms with Gasteiger partial charge in [-0.05, 0) is 25.0 Å². The molecule has 5 N–H and O–H groups in total. The third-order valence-corrected chi connectivity index (χ3v) is 6.08. The molecule has 0 saturated carbocycles. The Balaban J connectivity index is 1.31. The first kappa shape index (κ1) is 17.2. The first-order chi connectivity index (χ1) is 14.7. The molecule has 0 bridgehead atoms. The summed E-state index contributed by atoms with van der Waals surface area (Å²) in [5, 5.41) is 7.97. The van der Waals surface area contributed by atoms with Crippen LogP contribution in [0.25, 0.3) is 33.2 Å². The molecule has 0 unspecified atom stereocenters. The molecule has 4 aromatic heterocycles. The van der Waals surface area contributed by atoms with Gasteiger partial charge >= 0.3 is 0 Å². The summed E-state index contributed by atoms with van der Waals surface area (Å²) in [6, 6.07) is 8.14. The number of anilines is 1. The molecule has 1 fully saturated rings. The third kappa shape index (κ3) is 2.59. The maximum Gasteiger partial charge on any atom is 0.142 e. The van der Waals surface area contributed by atoms with E-state index in [9.17, 15) is 0 Å². The van der Waals surface area contributed by atoms with Crippen molar-refractivity contribution in [3.8, 4) is 11.1 Å². The van der Waals surface area contributed by atoms with E-state index in [1.165, 1.54) is 0 Å². The van der Waals surface area contributed by atoms with Crippen molar-refractivity contribution in [2.45, 2.75) is 18.4 Å². The Morgan fingerprint density at radius 3 is 2.83 bits per heavy atom. The molecule has 150 valence electrons. The summed E-state index contributed by atoms with van der Waals surface area (Å²) in [7, 11) is 0. The molecule has 1 aromatic carbocycles. The number of aromatic nitrogens is 7. The van der Waals surface area contributed by atoms with Gasteiger partial charge in [-0.3, -0.25) is 5.10 Å². The highest BCUT2D eigenvalue weighted by Gasteiger charge is 2.36. The van der Waals surface area contributed by atoms with E-state index in [0.717, 1.165) is 70.8 Å². The second-order valence-corrected chi connectivity index (χ2v) is 7.85. The van der Waals surface area contributed by atoms with Crippen LogP contribution in [0, 0.1) is 0 Å². The van der Waals surface area contributed by atoms with Crippen LogP contribution in [-0.2, 0) is 5.54 Å². The molecule has 30 heavy (non-hydrogen) atoms. The van der Waals surface area contributed by atoms with Gasteiger partial charge in [0.2, 0.25) is 0 Å². The molecule has 0 atom stereocenters. The van der Waals surface area contributed by atoms with Crippen molar-refractivity contribution in [1.29, 1.82) is 0 Å². The zero-order chi connectivity index (χ0) is 20.1. The zero-order valence-electron chi connectivity index (χ0n) is 16.3. The van der Waals surface area contributed by atoms with Crippen LogP contribution in [-0.4, -0.2) is 48.2 Å². The smallest absolute Gasteiger partial charge is 0.142 e. The number of imidazole rings is 1. The fourth-order valence-electron chi connectivity index (χ4n) is 4.36. The van der Waals surface area contributed by atoms with Crippen molar-refractivity contribution in [3.05, 3.63) is 55.0 Å². The van der Waals surface area contributed by atoms with Crippen LogP contribution in [0.1, 0.15) is 18.7 Å². The number of rotatable bonds is 3. The lowest BCUT2D eigenvalue weighted by molar-refractivity contribution is 0.327. The number of benzene rings is 1. The van der Waals surface area contributed by atoms with E-state index in [-0.39, 0.29) is 0 Å². The number of hydrogen-bond acceptors (Lipinski definition) is 6. The van der Waals surface area contributed by atoms with Gasteiger partial charge in [0.1, 0.15) is 23.6 Å². The normalized spacial score (nSPS) is 16.5. The second kappa shape index (κ2) is 6.39. The predicted octanol–water partition coefficient (Wildman–Crippen LogP) is 2.68. The van der Waals surface area contributed by atoms with Crippen LogP contribution in [0.15, 0.2) is 49.2 Å². The van der Waals surface area contributed by atoms with Crippen LogP contribution in [0.4, 0.5) is 5.82 Å². The van der Waals surface area contributed by atoms with E-state index in [2.05, 4.69) is 41.1 Å². The van der Waals surface area contributed by atoms with Crippen LogP contribution < -0.4 is 10.6 Å². The maximum atomic E-state index is 6.87. The quantitative estimate of drug-likeness (QED) is 0.369. The minimum atomic E-state index is -0.506. The average Bonchev–Trinajstić information content (AvgIpc) is 3.54. The van der Waals surface area contributed by atoms with Crippen molar-refractivity contribution in [3.63, 3.8) is 0 Å². The van der Waals surface area contributed by atoms with Crippen LogP contribution in [0.3, 0.4) is 0 Å². The molecule has 0 spiro atoms. The number of fused-ring (bicyclic) bond motifs is 2. The molecule has 5 aromatic rings. The van der Waals surface area contributed by atoms with Crippen molar-refractivity contribution in [1.82, 2.24) is 35.1 Å². The van der Waals surface area contributed by atoms with E-state index < -0.39 is 5.54 Å². The highest BCUT2D eigenvalue weighted by atomic mass is 15.2. The Hall–Kier alpha value is -3.72. The molecular formula is C21H21N9. The van der Waals surface area contributed by atoms with E-state index in [0.29, 0.717) is 0 Å². The number of nitrogens with two attached hydrogens (primary N) is 1. The Bertz CT molecular complexity index is 1320. The summed E-state index contributed by atoms with van der Waals surface area (Å²) in [5.74, 6) is 1.79. The number of aromatic amines is 3. The van der Waals surface area contributed by atoms with E-state index in [1.807, 2.05) is 36.8 Å². The van der Waals surface area contributed by atoms with Crippen molar-refractivity contribution in [2.24, 2.45) is 5.73 Å². The molecule has 1 aliphatic rings. The lowest BCUT2D eigenvalue weighted by Gasteiger charge is -2.38. The van der Waals surface area contributed by atoms with Crippen LogP contribution >= 0.6 is 0 Å². The Morgan fingerprint density at radius 2 is 2.00 bits per heavy atom. The summed E-state index contributed by atoms with van der Waals surface area (Å²) in [6.07, 6.45) is 8.75. The van der Waals surface area contributed by atoms with Gasteiger partial charge in [-0.2, -0.15) is 5.10 Å². The fraction of sp³-hybridized carbons (Fsp3) is 0.238. The van der Waals surface area contributed by atoms with Crippen molar-refractivity contribution >= 4 is 27.9 Å². The molecule has 1 aliphatic heterocycles. The molecule has 5 heterocycles. The minimum Gasteiger partial charge on any atom is -0.356 e. The number of para-hydroxylation sites is 1. The molecule has 9 heteroatoms. The number of nitrogens with zero attached hydrogens (tertiary/aromatic N) is 5. The SMILES string of the molecule is NC1(c2nc3c(-c4cn[nH]c4)cccc3[nH]2)CCN(c2ncnc3[nH]ccc23)CC1. The standard InChI is InChI=1S/C21H21N9/c22-21(5-8-30(9-6-21)19-15-4-7-23-18(15)24-12-25-19)20-28-16-3-1-2-14(17(16)29-20)13-10-26-27-11-13/h1-4,7,10-12H,5-6,8-9,22H2,(H,26,27)(H,28,29)(H,23,24,25). The molecule has 0 radical (unpaired) electrons. The van der Waals surface area contributed by atoms with Crippen molar-refractivity contribution in [2.75, 3.05) is 18.0 Å². The number of piperidine rings is 1. The summed E-state index contributed by atoms with van der Waals surface area (Å²) in [5.41, 5.74) is 11.2. The van der Waals surface area contributed by atoms with Crippen molar-refractivity contribution < 1.29 is 0 Å². The monoisotopic (exact) mass is 399 g/mol. The third-order valence-electron chi connectivity index (χ3n) is 6.08. The average molecular weight is 399 g/mol. The van der Waals surface area contributed by atoms with Gasteiger partial charge < -0.3 is 20.6 Å². The lowest BCUT2D eigenvalue weighted by atomic mass is 9.88. The minimum absolute atomic E-state index is 0.506. The zero-order valence-corrected chi connectivity index (χ0v) is 16.3. The Morgan fingerprint density at radius 1 is 1.10 bits per heavy atom. The van der Waals surface area contributed by atoms with Gasteiger partial charge in [0.15, 0.2) is 0 Å². The van der Waals surface area contributed by atoms with Gasteiger partial charge in [-0.25, -0.2) is 15.0 Å². The van der Waals surface area contributed by atoms with Crippen LogP contribution in [0.5, 0.6) is 0 Å². The lowest BCUT2D eigenvalue weighted by Crippen LogP contribution is -2.49. The summed E-state index contributed by atoms with van der Waals surface area (Å²) in [4.78, 5) is 22.6. The van der Waals surface area contributed by atoms with Gasteiger partial charge in [0.05, 0.1) is 28.2 Å². The topological polar surface area (TPSA) is 128 Å². The van der Waals surface area contributed by atoms with E-state index in [1.54, 1.807) is 6.33 Å². The highest BCUT2D eigenvalue weighted by molar-refractivity contribution is 5.92. The van der Waals surface area contributed by atoms with Gasteiger partial charge in [0, 0.05) is 36.6 Å².